The predicted octanol–water partition coefficient (Wildman–Crippen LogP) is 0.478. The van der Waals surface area contributed by atoms with Crippen molar-refractivity contribution in [3.05, 3.63) is 30.1 Å². The molecule has 2 rings (SSSR count). The second-order valence-electron chi connectivity index (χ2n) is 4.28. The van der Waals surface area contributed by atoms with Crippen LogP contribution in [0.4, 0.5) is 0 Å². The lowest BCUT2D eigenvalue weighted by molar-refractivity contribution is -0.121. The van der Waals surface area contributed by atoms with Crippen LogP contribution in [-0.4, -0.2) is 23.5 Å². The third-order valence-electron chi connectivity index (χ3n) is 2.91. The number of amides is 1. The number of rotatable bonds is 5. The number of nitrogens with one attached hydrogen (secondary N) is 1. The summed E-state index contributed by atoms with van der Waals surface area (Å²) in [6.45, 7) is 0.534. The highest BCUT2D eigenvalue weighted by molar-refractivity contribution is 5.78. The van der Waals surface area contributed by atoms with Crippen molar-refractivity contribution in [3.63, 3.8) is 0 Å². The van der Waals surface area contributed by atoms with E-state index in [0.29, 0.717) is 18.9 Å². The van der Waals surface area contributed by atoms with Crippen molar-refractivity contribution >= 4 is 5.91 Å². The van der Waals surface area contributed by atoms with Gasteiger partial charge in [-0.3, -0.25) is 9.78 Å². The molecule has 1 heterocycles. The van der Waals surface area contributed by atoms with Gasteiger partial charge in [0.25, 0.3) is 0 Å². The van der Waals surface area contributed by atoms with E-state index >= 15 is 0 Å². The van der Waals surface area contributed by atoms with Gasteiger partial charge in [-0.25, -0.2) is 0 Å². The molecule has 86 valence electrons. The smallest absolute Gasteiger partial charge is 0.224 e. The molecule has 1 aromatic rings. The molecule has 1 saturated carbocycles. The van der Waals surface area contributed by atoms with Crippen molar-refractivity contribution < 1.29 is 4.79 Å². The highest BCUT2D eigenvalue weighted by Crippen LogP contribution is 2.32. The topological polar surface area (TPSA) is 68.0 Å². The van der Waals surface area contributed by atoms with Crippen LogP contribution in [0.3, 0.4) is 0 Å². The summed E-state index contributed by atoms with van der Waals surface area (Å²) in [5.74, 6) is 0.653. The number of carbonyl (C=O) groups is 1. The lowest BCUT2D eigenvalue weighted by Crippen LogP contribution is -2.42. The van der Waals surface area contributed by atoms with Gasteiger partial charge < -0.3 is 11.1 Å². The zero-order chi connectivity index (χ0) is 11.4. The van der Waals surface area contributed by atoms with Crippen LogP contribution in [0.1, 0.15) is 18.4 Å². The van der Waals surface area contributed by atoms with E-state index in [0.717, 1.165) is 5.56 Å². The quantitative estimate of drug-likeness (QED) is 0.756. The molecule has 0 spiro atoms. The molecule has 1 aliphatic carbocycles. The van der Waals surface area contributed by atoms with Crippen LogP contribution < -0.4 is 11.1 Å². The Hall–Kier alpha value is -1.42. The molecule has 1 unspecified atom stereocenters. The Balaban J connectivity index is 1.83. The summed E-state index contributed by atoms with van der Waals surface area (Å²) in [6.07, 6.45) is 6.19. The first-order valence-corrected chi connectivity index (χ1v) is 5.68. The van der Waals surface area contributed by atoms with E-state index in [1.807, 2.05) is 12.1 Å². The molecule has 1 aliphatic rings. The summed E-state index contributed by atoms with van der Waals surface area (Å²) in [4.78, 5) is 15.6. The van der Waals surface area contributed by atoms with E-state index in [2.05, 4.69) is 10.3 Å². The first-order valence-electron chi connectivity index (χ1n) is 5.68. The van der Waals surface area contributed by atoms with Crippen molar-refractivity contribution in [1.29, 1.82) is 0 Å². The lowest BCUT2D eigenvalue weighted by Gasteiger charge is -2.15. The SMILES string of the molecule is NCC(NC(=O)Cc1ccncc1)C1CC1. The predicted molar refractivity (Wildman–Crippen MR) is 61.7 cm³/mol. The second-order valence-corrected chi connectivity index (χ2v) is 4.28. The molecule has 4 nitrogen and oxygen atoms in total. The Morgan fingerprint density at radius 3 is 2.75 bits per heavy atom. The van der Waals surface area contributed by atoms with E-state index < -0.39 is 0 Å². The van der Waals surface area contributed by atoms with Crippen molar-refractivity contribution in [2.45, 2.75) is 25.3 Å². The molecule has 3 N–H and O–H groups in total. The third-order valence-corrected chi connectivity index (χ3v) is 2.91. The van der Waals surface area contributed by atoms with E-state index in [-0.39, 0.29) is 11.9 Å². The molecule has 0 aromatic carbocycles. The van der Waals surface area contributed by atoms with Gasteiger partial charge in [0.15, 0.2) is 0 Å². The molecule has 0 bridgehead atoms. The monoisotopic (exact) mass is 219 g/mol. The fraction of sp³-hybridized carbons (Fsp3) is 0.500. The Morgan fingerprint density at radius 1 is 1.50 bits per heavy atom. The molecule has 0 radical (unpaired) electrons. The van der Waals surface area contributed by atoms with E-state index in [9.17, 15) is 4.79 Å². The van der Waals surface area contributed by atoms with Crippen molar-refractivity contribution in [3.8, 4) is 0 Å². The molecule has 1 amide bonds. The average Bonchev–Trinajstić information content (AvgIpc) is 3.11. The molecule has 1 atom stereocenters. The number of carbonyl (C=O) groups excluding carboxylic acids is 1. The van der Waals surface area contributed by atoms with Gasteiger partial charge in [0, 0.05) is 25.0 Å². The van der Waals surface area contributed by atoms with E-state index in [1.54, 1.807) is 12.4 Å². The number of nitrogens with two attached hydrogens (primary N) is 1. The lowest BCUT2D eigenvalue weighted by atomic mass is 10.1. The molecule has 4 heteroatoms. The van der Waals surface area contributed by atoms with E-state index in [4.69, 9.17) is 5.73 Å². The van der Waals surface area contributed by atoms with Crippen LogP contribution in [0, 0.1) is 5.92 Å². The van der Waals surface area contributed by atoms with Gasteiger partial charge in [-0.2, -0.15) is 0 Å². The zero-order valence-corrected chi connectivity index (χ0v) is 9.23. The second kappa shape index (κ2) is 5.07. The molecule has 1 fully saturated rings. The standard InChI is InChI=1S/C12H17N3O/c13-8-11(10-1-2-10)15-12(16)7-9-3-5-14-6-4-9/h3-6,10-11H,1-2,7-8,13H2,(H,15,16). The molecule has 0 saturated heterocycles. The maximum atomic E-state index is 11.7. The number of aromatic nitrogens is 1. The molecule has 16 heavy (non-hydrogen) atoms. The Morgan fingerprint density at radius 2 is 2.19 bits per heavy atom. The number of nitrogens with zero attached hydrogens (tertiary/aromatic N) is 1. The van der Waals surface area contributed by atoms with Gasteiger partial charge in [-0.15, -0.1) is 0 Å². The average molecular weight is 219 g/mol. The normalized spacial score (nSPS) is 16.8. The first kappa shape index (κ1) is 11.1. The van der Waals surface area contributed by atoms with Crippen LogP contribution in [0.25, 0.3) is 0 Å². The minimum Gasteiger partial charge on any atom is -0.352 e. The van der Waals surface area contributed by atoms with Gasteiger partial charge >= 0.3 is 0 Å². The van der Waals surface area contributed by atoms with Crippen molar-refractivity contribution in [1.82, 2.24) is 10.3 Å². The number of pyridine rings is 1. The summed E-state index contributed by atoms with van der Waals surface area (Å²) in [6, 6.07) is 3.87. The zero-order valence-electron chi connectivity index (χ0n) is 9.23. The van der Waals surface area contributed by atoms with Crippen LogP contribution in [0.15, 0.2) is 24.5 Å². The molecular formula is C12H17N3O. The molecule has 0 aliphatic heterocycles. The van der Waals surface area contributed by atoms with Crippen LogP contribution in [-0.2, 0) is 11.2 Å². The van der Waals surface area contributed by atoms with Gasteiger partial charge in [0.05, 0.1) is 6.42 Å². The summed E-state index contributed by atoms with van der Waals surface area (Å²) in [5.41, 5.74) is 6.62. The maximum Gasteiger partial charge on any atom is 0.224 e. The minimum absolute atomic E-state index is 0.0496. The van der Waals surface area contributed by atoms with Crippen molar-refractivity contribution in [2.75, 3.05) is 6.54 Å². The van der Waals surface area contributed by atoms with Gasteiger partial charge in [0.2, 0.25) is 5.91 Å². The van der Waals surface area contributed by atoms with Gasteiger partial charge in [0.1, 0.15) is 0 Å². The van der Waals surface area contributed by atoms with Gasteiger partial charge in [-0.05, 0) is 36.5 Å². The molecular weight excluding hydrogens is 202 g/mol. The Labute approximate surface area is 95.3 Å². The summed E-state index contributed by atoms with van der Waals surface area (Å²) >= 11 is 0. The number of hydrogen-bond acceptors (Lipinski definition) is 3. The van der Waals surface area contributed by atoms with Crippen LogP contribution in [0.2, 0.25) is 0 Å². The van der Waals surface area contributed by atoms with Gasteiger partial charge in [-0.1, -0.05) is 0 Å². The Bertz CT molecular complexity index is 349. The highest BCUT2D eigenvalue weighted by Gasteiger charge is 2.31. The maximum absolute atomic E-state index is 11.7. The highest BCUT2D eigenvalue weighted by atomic mass is 16.1. The molecule has 1 aromatic heterocycles. The Kier molecular flexibility index (Phi) is 3.51. The largest absolute Gasteiger partial charge is 0.352 e. The fourth-order valence-electron chi connectivity index (χ4n) is 1.81. The van der Waals surface area contributed by atoms with Crippen LogP contribution >= 0.6 is 0 Å². The minimum atomic E-state index is 0.0496. The number of hydrogen-bond donors (Lipinski definition) is 2. The first-order chi connectivity index (χ1) is 7.79. The van der Waals surface area contributed by atoms with Crippen LogP contribution in [0.5, 0.6) is 0 Å². The fourth-order valence-corrected chi connectivity index (χ4v) is 1.81. The summed E-state index contributed by atoms with van der Waals surface area (Å²) < 4.78 is 0. The van der Waals surface area contributed by atoms with Crippen molar-refractivity contribution in [2.24, 2.45) is 11.7 Å². The summed E-state index contributed by atoms with van der Waals surface area (Å²) in [7, 11) is 0. The summed E-state index contributed by atoms with van der Waals surface area (Å²) in [5, 5.41) is 2.99. The van der Waals surface area contributed by atoms with E-state index in [1.165, 1.54) is 12.8 Å². The third kappa shape index (κ3) is 3.03.